The van der Waals surface area contributed by atoms with Crippen LogP contribution in [0.3, 0.4) is 0 Å². The molecule has 96 valence electrons. The second kappa shape index (κ2) is 5.67. The molecule has 0 aliphatic heterocycles. The molecular weight excluding hydrogens is 242 g/mol. The van der Waals surface area contributed by atoms with E-state index in [4.69, 9.17) is 14.6 Å². The first-order chi connectivity index (χ1) is 8.45. The lowest BCUT2D eigenvalue weighted by Gasteiger charge is -2.07. The van der Waals surface area contributed by atoms with Gasteiger partial charge in [0, 0.05) is 0 Å². The molecule has 0 saturated heterocycles. The second-order valence-corrected chi connectivity index (χ2v) is 3.29. The highest BCUT2D eigenvalue weighted by atomic mass is 16.6. The zero-order valence-corrected chi connectivity index (χ0v) is 9.58. The minimum atomic E-state index is -1.18. The lowest BCUT2D eigenvalue weighted by Crippen LogP contribution is -2.09. The van der Waals surface area contributed by atoms with Gasteiger partial charge in [0.1, 0.15) is 12.4 Å². The standard InChI is InChI=1S/C11H11NO6/c1-7(11(13)14)6-18-8-3-4-10(17-2)9(5-8)12(15)16/h3-5H,1,6H2,2H3,(H,13,14). The first-order valence-electron chi connectivity index (χ1n) is 4.82. The molecule has 0 aliphatic rings. The summed E-state index contributed by atoms with van der Waals surface area (Å²) in [5.74, 6) is -0.910. The molecular formula is C11H11NO6. The topological polar surface area (TPSA) is 98.9 Å². The maximum atomic E-state index is 10.7. The van der Waals surface area contributed by atoms with Crippen LogP contribution in [0.1, 0.15) is 0 Å². The van der Waals surface area contributed by atoms with Crippen molar-refractivity contribution >= 4 is 11.7 Å². The van der Waals surface area contributed by atoms with E-state index in [9.17, 15) is 14.9 Å². The summed E-state index contributed by atoms with van der Waals surface area (Å²) in [5.41, 5.74) is -0.399. The number of carboxylic acid groups (broad SMARTS) is 1. The summed E-state index contributed by atoms with van der Waals surface area (Å²) in [7, 11) is 1.31. The van der Waals surface area contributed by atoms with E-state index in [-0.39, 0.29) is 29.4 Å². The summed E-state index contributed by atoms with van der Waals surface area (Å²) in [5, 5.41) is 19.3. The molecule has 1 aromatic rings. The van der Waals surface area contributed by atoms with E-state index < -0.39 is 10.9 Å². The fourth-order valence-electron chi connectivity index (χ4n) is 1.13. The Morgan fingerprint density at radius 1 is 1.56 bits per heavy atom. The van der Waals surface area contributed by atoms with E-state index in [0.29, 0.717) is 0 Å². The Balaban J connectivity index is 2.85. The van der Waals surface area contributed by atoms with Crippen LogP contribution in [-0.2, 0) is 4.79 Å². The Kier molecular flexibility index (Phi) is 4.25. The Hall–Kier alpha value is -2.57. The number of rotatable bonds is 6. The normalized spacial score (nSPS) is 9.61. The highest BCUT2D eigenvalue weighted by molar-refractivity contribution is 5.86. The van der Waals surface area contributed by atoms with Gasteiger partial charge in [-0.1, -0.05) is 6.58 Å². The largest absolute Gasteiger partial charge is 0.490 e. The van der Waals surface area contributed by atoms with E-state index in [1.165, 1.54) is 19.2 Å². The number of carboxylic acids is 1. The number of hydrogen-bond acceptors (Lipinski definition) is 5. The Morgan fingerprint density at radius 2 is 2.22 bits per heavy atom. The molecule has 0 radical (unpaired) electrons. The molecule has 7 nitrogen and oxygen atoms in total. The van der Waals surface area contributed by atoms with E-state index in [0.717, 1.165) is 6.07 Å². The van der Waals surface area contributed by atoms with Crippen LogP contribution in [0.2, 0.25) is 0 Å². The van der Waals surface area contributed by atoms with Gasteiger partial charge in [-0.25, -0.2) is 4.79 Å². The van der Waals surface area contributed by atoms with Gasteiger partial charge >= 0.3 is 11.7 Å². The van der Waals surface area contributed by atoms with Gasteiger partial charge in [-0.15, -0.1) is 0 Å². The van der Waals surface area contributed by atoms with Crippen molar-refractivity contribution in [3.8, 4) is 11.5 Å². The molecule has 1 N–H and O–H groups in total. The monoisotopic (exact) mass is 253 g/mol. The van der Waals surface area contributed by atoms with Crippen LogP contribution in [0.5, 0.6) is 11.5 Å². The van der Waals surface area contributed by atoms with Crippen LogP contribution >= 0.6 is 0 Å². The molecule has 0 aromatic heterocycles. The summed E-state index contributed by atoms with van der Waals surface area (Å²) in [4.78, 5) is 20.6. The van der Waals surface area contributed by atoms with Crippen molar-refractivity contribution < 1.29 is 24.3 Å². The number of nitrogens with zero attached hydrogens (tertiary/aromatic N) is 1. The van der Waals surface area contributed by atoms with Crippen molar-refractivity contribution in [3.63, 3.8) is 0 Å². The SMILES string of the molecule is C=C(COc1ccc(OC)c([N+](=O)[O-])c1)C(=O)O. The van der Waals surface area contributed by atoms with Crippen molar-refractivity contribution in [1.82, 2.24) is 0 Å². The first kappa shape index (κ1) is 13.5. The molecule has 0 unspecified atom stereocenters. The molecule has 0 saturated carbocycles. The van der Waals surface area contributed by atoms with Crippen LogP contribution in [0.25, 0.3) is 0 Å². The number of benzene rings is 1. The third kappa shape index (κ3) is 3.21. The number of carbonyl (C=O) groups is 1. The van der Waals surface area contributed by atoms with Crippen LogP contribution in [-0.4, -0.2) is 29.7 Å². The third-order valence-corrected chi connectivity index (χ3v) is 2.06. The predicted molar refractivity (Wildman–Crippen MR) is 61.9 cm³/mol. The lowest BCUT2D eigenvalue weighted by molar-refractivity contribution is -0.385. The molecule has 0 aliphatic carbocycles. The van der Waals surface area contributed by atoms with Gasteiger partial charge in [0.15, 0.2) is 5.75 Å². The maximum absolute atomic E-state index is 10.7. The van der Waals surface area contributed by atoms with E-state index in [1.54, 1.807) is 0 Å². The third-order valence-electron chi connectivity index (χ3n) is 2.06. The number of hydrogen-bond donors (Lipinski definition) is 1. The quantitative estimate of drug-likeness (QED) is 0.470. The molecule has 0 spiro atoms. The van der Waals surface area contributed by atoms with Crippen LogP contribution in [0, 0.1) is 10.1 Å². The summed E-state index contributed by atoms with van der Waals surface area (Å²) >= 11 is 0. The van der Waals surface area contributed by atoms with Crippen molar-refractivity contribution in [3.05, 3.63) is 40.5 Å². The predicted octanol–water partition coefficient (Wildman–Crippen LogP) is 1.62. The lowest BCUT2D eigenvalue weighted by atomic mass is 10.2. The van der Waals surface area contributed by atoms with Gasteiger partial charge < -0.3 is 14.6 Å². The first-order valence-corrected chi connectivity index (χ1v) is 4.82. The molecule has 0 bridgehead atoms. The highest BCUT2D eigenvalue weighted by Crippen LogP contribution is 2.30. The number of aliphatic carboxylic acids is 1. The fraction of sp³-hybridized carbons (Fsp3) is 0.182. The summed E-state index contributed by atoms with van der Waals surface area (Å²) in [6, 6.07) is 3.98. The Morgan fingerprint density at radius 3 is 2.72 bits per heavy atom. The fourth-order valence-corrected chi connectivity index (χ4v) is 1.13. The zero-order valence-electron chi connectivity index (χ0n) is 9.58. The minimum Gasteiger partial charge on any atom is -0.490 e. The number of methoxy groups -OCH3 is 1. The maximum Gasteiger partial charge on any atom is 0.334 e. The highest BCUT2D eigenvalue weighted by Gasteiger charge is 2.16. The van der Waals surface area contributed by atoms with Gasteiger partial charge in [0.25, 0.3) is 0 Å². The molecule has 1 rings (SSSR count). The van der Waals surface area contributed by atoms with Gasteiger partial charge in [0.2, 0.25) is 0 Å². The van der Waals surface area contributed by atoms with E-state index in [1.807, 2.05) is 0 Å². The van der Waals surface area contributed by atoms with Gasteiger partial charge in [-0.05, 0) is 12.1 Å². The van der Waals surface area contributed by atoms with Crippen molar-refractivity contribution in [2.24, 2.45) is 0 Å². The molecule has 0 fully saturated rings. The molecule has 0 heterocycles. The molecule has 0 amide bonds. The van der Waals surface area contributed by atoms with Gasteiger partial charge in [0.05, 0.1) is 23.7 Å². The smallest absolute Gasteiger partial charge is 0.334 e. The minimum absolute atomic E-state index is 0.101. The van der Waals surface area contributed by atoms with Crippen molar-refractivity contribution in [2.45, 2.75) is 0 Å². The summed E-state index contributed by atoms with van der Waals surface area (Å²) in [6.07, 6.45) is 0. The Labute approximate surface area is 102 Å². The average Bonchev–Trinajstić information content (AvgIpc) is 2.35. The van der Waals surface area contributed by atoms with Crippen LogP contribution in [0.15, 0.2) is 30.4 Å². The molecule has 7 heteroatoms. The van der Waals surface area contributed by atoms with Gasteiger partial charge in [-0.2, -0.15) is 0 Å². The zero-order chi connectivity index (χ0) is 13.7. The number of ether oxygens (including phenoxy) is 2. The number of nitro groups is 1. The van der Waals surface area contributed by atoms with E-state index in [2.05, 4.69) is 6.58 Å². The van der Waals surface area contributed by atoms with E-state index >= 15 is 0 Å². The molecule has 18 heavy (non-hydrogen) atoms. The van der Waals surface area contributed by atoms with Crippen LogP contribution in [0.4, 0.5) is 5.69 Å². The van der Waals surface area contributed by atoms with Crippen molar-refractivity contribution in [2.75, 3.05) is 13.7 Å². The average molecular weight is 253 g/mol. The summed E-state index contributed by atoms with van der Waals surface area (Å²) in [6.45, 7) is 3.03. The van der Waals surface area contributed by atoms with Gasteiger partial charge in [-0.3, -0.25) is 10.1 Å². The Bertz CT molecular complexity index is 496. The summed E-state index contributed by atoms with van der Waals surface area (Å²) < 4.78 is 9.90. The molecule has 0 atom stereocenters. The van der Waals surface area contributed by atoms with Crippen LogP contribution < -0.4 is 9.47 Å². The second-order valence-electron chi connectivity index (χ2n) is 3.29. The number of nitro benzene ring substituents is 1. The molecule has 1 aromatic carbocycles. The van der Waals surface area contributed by atoms with Crippen molar-refractivity contribution in [1.29, 1.82) is 0 Å².